The lowest BCUT2D eigenvalue weighted by Gasteiger charge is -2.19. The van der Waals surface area contributed by atoms with Crippen molar-refractivity contribution < 1.29 is 13.2 Å². The number of hydrogen-bond acceptors (Lipinski definition) is 4. The van der Waals surface area contributed by atoms with E-state index in [4.69, 9.17) is 0 Å². The molecule has 0 aliphatic carbocycles. The Bertz CT molecular complexity index is 869. The molecule has 0 radical (unpaired) electrons. The average molecular weight is 440 g/mol. The molecular weight excluding hydrogens is 418 g/mol. The van der Waals surface area contributed by atoms with E-state index in [-0.39, 0.29) is 22.4 Å². The minimum absolute atomic E-state index is 0.101. The number of carbonyl (C=O) groups excluding carboxylic acids is 1. The molecule has 26 heavy (non-hydrogen) atoms. The van der Waals surface area contributed by atoms with E-state index in [1.54, 1.807) is 38.4 Å². The Balaban J connectivity index is 2.31. The highest BCUT2D eigenvalue weighted by molar-refractivity contribution is 9.10. The van der Waals surface area contributed by atoms with Crippen LogP contribution in [0.1, 0.15) is 42.7 Å². The molecule has 0 aliphatic heterocycles. The molecule has 1 atom stereocenters. The first-order valence-electron chi connectivity index (χ1n) is 8.31. The maximum atomic E-state index is 12.7. The molecule has 0 saturated carbocycles. The maximum Gasteiger partial charge on any atom is 0.252 e. The van der Waals surface area contributed by atoms with Crippen LogP contribution in [0.4, 0.5) is 0 Å². The predicted molar refractivity (Wildman–Crippen MR) is 104 cm³/mol. The summed E-state index contributed by atoms with van der Waals surface area (Å²) in [6.07, 6.45) is 3.34. The average Bonchev–Trinajstić information content (AvgIpc) is 2.63. The van der Waals surface area contributed by atoms with E-state index in [2.05, 4.69) is 26.2 Å². The number of nitrogens with zero attached hydrogens (tertiary/aromatic N) is 2. The number of hydrogen-bond donors (Lipinski definition) is 1. The fourth-order valence-corrected chi connectivity index (χ4v) is 4.45. The molecule has 1 N–H and O–H groups in total. The largest absolute Gasteiger partial charge is 0.345 e. The highest BCUT2D eigenvalue weighted by Crippen LogP contribution is 2.24. The predicted octanol–water partition coefficient (Wildman–Crippen LogP) is 3.37. The Kier molecular flexibility index (Phi) is 6.91. The van der Waals surface area contributed by atoms with Gasteiger partial charge in [-0.1, -0.05) is 19.9 Å². The third kappa shape index (κ3) is 4.49. The first-order valence-corrected chi connectivity index (χ1v) is 10.5. The number of amides is 1. The van der Waals surface area contributed by atoms with Crippen molar-refractivity contribution in [2.24, 2.45) is 0 Å². The lowest BCUT2D eigenvalue weighted by atomic mass is 10.1. The number of sulfonamides is 1. The molecule has 140 valence electrons. The Morgan fingerprint density at radius 3 is 2.54 bits per heavy atom. The fraction of sp³-hybridized carbons (Fsp3) is 0.333. The topological polar surface area (TPSA) is 79.4 Å². The van der Waals surface area contributed by atoms with E-state index in [0.717, 1.165) is 5.56 Å². The third-order valence-electron chi connectivity index (χ3n) is 4.06. The van der Waals surface area contributed by atoms with Crippen LogP contribution in [0.2, 0.25) is 0 Å². The molecule has 0 bridgehead atoms. The number of rotatable bonds is 7. The maximum absolute atomic E-state index is 12.7. The second-order valence-electron chi connectivity index (χ2n) is 5.71. The summed E-state index contributed by atoms with van der Waals surface area (Å²) in [7, 11) is -3.63. The molecule has 0 spiro atoms. The quantitative estimate of drug-likeness (QED) is 0.716. The van der Waals surface area contributed by atoms with Crippen molar-refractivity contribution in [1.29, 1.82) is 0 Å². The van der Waals surface area contributed by atoms with Gasteiger partial charge in [0.2, 0.25) is 10.0 Å². The van der Waals surface area contributed by atoms with Crippen LogP contribution in [0.25, 0.3) is 0 Å². The van der Waals surface area contributed by atoms with Crippen molar-refractivity contribution in [3.05, 3.63) is 58.3 Å². The van der Waals surface area contributed by atoms with Gasteiger partial charge in [-0.2, -0.15) is 4.31 Å². The van der Waals surface area contributed by atoms with E-state index in [1.807, 2.05) is 13.0 Å². The molecule has 0 aliphatic rings. The molecule has 2 aromatic rings. The molecule has 1 heterocycles. The van der Waals surface area contributed by atoms with Crippen LogP contribution >= 0.6 is 15.9 Å². The molecular formula is C18H22BrN3O3S. The van der Waals surface area contributed by atoms with E-state index in [9.17, 15) is 13.2 Å². The standard InChI is InChI=1S/C18H22BrN3O3S/c1-4-22(5-2)26(24,25)15-8-9-17(19)16(11-15)18(23)21-13(3)14-7-6-10-20-12-14/h6-13H,4-5H2,1-3H3,(H,21,23). The Morgan fingerprint density at radius 2 is 1.96 bits per heavy atom. The Hall–Kier alpha value is -1.77. The van der Waals surface area contributed by atoms with Gasteiger partial charge in [-0.05, 0) is 52.7 Å². The summed E-state index contributed by atoms with van der Waals surface area (Å²) in [5.74, 6) is -0.357. The van der Waals surface area contributed by atoms with Crippen molar-refractivity contribution in [2.75, 3.05) is 13.1 Å². The zero-order valence-corrected chi connectivity index (χ0v) is 17.3. The van der Waals surface area contributed by atoms with Crippen molar-refractivity contribution in [2.45, 2.75) is 31.7 Å². The van der Waals surface area contributed by atoms with Crippen molar-refractivity contribution in [3.63, 3.8) is 0 Å². The number of nitrogens with one attached hydrogen (secondary N) is 1. The van der Waals surface area contributed by atoms with Gasteiger partial charge in [0.25, 0.3) is 5.91 Å². The lowest BCUT2D eigenvalue weighted by Crippen LogP contribution is -2.31. The Labute approximate surface area is 162 Å². The fourth-order valence-electron chi connectivity index (χ4n) is 2.54. The number of carbonyl (C=O) groups is 1. The summed E-state index contributed by atoms with van der Waals surface area (Å²) in [5.41, 5.74) is 1.14. The summed E-state index contributed by atoms with van der Waals surface area (Å²) in [5, 5.41) is 2.87. The van der Waals surface area contributed by atoms with Crippen LogP contribution in [0, 0.1) is 0 Å². The second kappa shape index (κ2) is 8.75. The molecule has 1 aromatic carbocycles. The van der Waals surface area contributed by atoms with Gasteiger partial charge >= 0.3 is 0 Å². The third-order valence-corrected chi connectivity index (χ3v) is 6.80. The van der Waals surface area contributed by atoms with E-state index < -0.39 is 10.0 Å². The van der Waals surface area contributed by atoms with Crippen molar-refractivity contribution in [1.82, 2.24) is 14.6 Å². The minimum atomic E-state index is -3.63. The summed E-state index contributed by atoms with van der Waals surface area (Å²) in [4.78, 5) is 16.8. The molecule has 1 unspecified atom stereocenters. The first kappa shape index (κ1) is 20.5. The summed E-state index contributed by atoms with van der Waals surface area (Å²) in [6, 6.07) is 7.90. The normalized spacial score (nSPS) is 12.8. The van der Waals surface area contributed by atoms with E-state index in [1.165, 1.54) is 16.4 Å². The van der Waals surface area contributed by atoms with Gasteiger partial charge in [-0.3, -0.25) is 9.78 Å². The minimum Gasteiger partial charge on any atom is -0.345 e. The van der Waals surface area contributed by atoms with Crippen LogP contribution in [0.3, 0.4) is 0 Å². The zero-order valence-electron chi connectivity index (χ0n) is 14.9. The van der Waals surface area contributed by atoms with Crippen molar-refractivity contribution >= 4 is 31.9 Å². The molecule has 1 aromatic heterocycles. The van der Waals surface area contributed by atoms with Crippen LogP contribution in [0.15, 0.2) is 52.1 Å². The SMILES string of the molecule is CCN(CC)S(=O)(=O)c1ccc(Br)c(C(=O)NC(C)c2cccnc2)c1. The lowest BCUT2D eigenvalue weighted by molar-refractivity contribution is 0.0939. The molecule has 6 nitrogen and oxygen atoms in total. The van der Waals surface area contributed by atoms with E-state index in [0.29, 0.717) is 17.6 Å². The number of pyridine rings is 1. The van der Waals surface area contributed by atoms with Crippen LogP contribution < -0.4 is 5.32 Å². The summed E-state index contributed by atoms with van der Waals surface area (Å²) >= 11 is 3.33. The van der Waals surface area contributed by atoms with Gasteiger partial charge in [0.15, 0.2) is 0 Å². The monoisotopic (exact) mass is 439 g/mol. The summed E-state index contributed by atoms with van der Waals surface area (Å²) < 4.78 is 27.3. The molecule has 2 rings (SSSR count). The number of halogens is 1. The number of aromatic nitrogens is 1. The van der Waals surface area contributed by atoms with Crippen molar-refractivity contribution in [3.8, 4) is 0 Å². The summed E-state index contributed by atoms with van der Waals surface area (Å²) in [6.45, 7) is 6.15. The van der Waals surface area contributed by atoms with Crippen LogP contribution in [-0.2, 0) is 10.0 Å². The van der Waals surface area contributed by atoms with Crippen LogP contribution in [0.5, 0.6) is 0 Å². The van der Waals surface area contributed by atoms with Crippen LogP contribution in [-0.4, -0.2) is 36.7 Å². The molecule has 0 saturated heterocycles. The molecule has 1 amide bonds. The smallest absolute Gasteiger partial charge is 0.252 e. The zero-order chi connectivity index (χ0) is 19.3. The second-order valence-corrected chi connectivity index (χ2v) is 8.50. The van der Waals surface area contributed by atoms with Gasteiger partial charge in [0.1, 0.15) is 0 Å². The van der Waals surface area contributed by atoms with Gasteiger partial charge in [0, 0.05) is 30.0 Å². The first-order chi connectivity index (χ1) is 12.3. The number of benzene rings is 1. The van der Waals surface area contributed by atoms with Gasteiger partial charge in [-0.15, -0.1) is 0 Å². The van der Waals surface area contributed by atoms with E-state index >= 15 is 0 Å². The van der Waals surface area contributed by atoms with Gasteiger partial charge in [-0.25, -0.2) is 8.42 Å². The highest BCUT2D eigenvalue weighted by atomic mass is 79.9. The highest BCUT2D eigenvalue weighted by Gasteiger charge is 2.24. The molecule has 8 heteroatoms. The molecule has 0 fully saturated rings. The van der Waals surface area contributed by atoms with Gasteiger partial charge in [0.05, 0.1) is 16.5 Å². The Morgan fingerprint density at radius 1 is 1.27 bits per heavy atom. The van der Waals surface area contributed by atoms with Gasteiger partial charge < -0.3 is 5.32 Å².